The summed E-state index contributed by atoms with van der Waals surface area (Å²) in [7, 11) is 1.36. The number of methoxy groups -OCH3 is 1. The van der Waals surface area contributed by atoms with E-state index in [1.807, 2.05) is 0 Å². The second-order valence-electron chi connectivity index (χ2n) is 4.36. The van der Waals surface area contributed by atoms with Crippen molar-refractivity contribution < 1.29 is 36.2 Å². The van der Waals surface area contributed by atoms with Crippen molar-refractivity contribution in [1.82, 2.24) is 0 Å². The molecule has 0 aromatic heterocycles. The Labute approximate surface area is 116 Å². The average Bonchev–Trinajstić information content (AvgIpc) is 2.36. The number of halogens is 6. The van der Waals surface area contributed by atoms with Crippen LogP contribution in [0.1, 0.15) is 12.0 Å². The maximum Gasteiger partial charge on any atom is 0.426 e. The molecule has 0 aliphatic heterocycles. The highest BCUT2D eigenvalue weighted by atomic mass is 19.4. The molecule has 21 heavy (non-hydrogen) atoms. The number of aliphatic hydroxyl groups is 1. The van der Waals surface area contributed by atoms with Gasteiger partial charge in [-0.3, -0.25) is 0 Å². The quantitative estimate of drug-likeness (QED) is 0.853. The van der Waals surface area contributed by atoms with Gasteiger partial charge in [-0.25, -0.2) is 0 Å². The van der Waals surface area contributed by atoms with Gasteiger partial charge in [-0.1, -0.05) is 18.7 Å². The van der Waals surface area contributed by atoms with Gasteiger partial charge in [0.05, 0.1) is 7.11 Å². The first-order valence-corrected chi connectivity index (χ1v) is 5.60. The first-order valence-electron chi connectivity index (χ1n) is 5.60. The Balaban J connectivity index is 3.07. The van der Waals surface area contributed by atoms with E-state index in [0.717, 1.165) is 0 Å². The molecule has 0 radical (unpaired) electrons. The predicted molar refractivity (Wildman–Crippen MR) is 63.7 cm³/mol. The molecular formula is C13H12F6O2. The van der Waals surface area contributed by atoms with Crippen LogP contribution in [0.25, 0.3) is 5.57 Å². The van der Waals surface area contributed by atoms with Crippen LogP contribution in [-0.2, 0) is 0 Å². The van der Waals surface area contributed by atoms with Crippen molar-refractivity contribution in [2.45, 2.75) is 24.4 Å². The van der Waals surface area contributed by atoms with Gasteiger partial charge in [0.25, 0.3) is 5.60 Å². The van der Waals surface area contributed by atoms with Gasteiger partial charge in [0.1, 0.15) is 5.75 Å². The monoisotopic (exact) mass is 314 g/mol. The van der Waals surface area contributed by atoms with Gasteiger partial charge >= 0.3 is 12.4 Å². The van der Waals surface area contributed by atoms with Crippen molar-refractivity contribution in [3.05, 3.63) is 36.4 Å². The van der Waals surface area contributed by atoms with Crippen LogP contribution in [0.3, 0.4) is 0 Å². The third-order valence-corrected chi connectivity index (χ3v) is 2.91. The Bertz CT molecular complexity index is 487. The van der Waals surface area contributed by atoms with Crippen molar-refractivity contribution in [3.8, 4) is 5.75 Å². The van der Waals surface area contributed by atoms with E-state index in [1.54, 1.807) is 0 Å². The molecule has 118 valence electrons. The molecular weight excluding hydrogens is 302 g/mol. The van der Waals surface area contributed by atoms with Crippen molar-refractivity contribution in [2.24, 2.45) is 0 Å². The molecule has 1 N–H and O–H groups in total. The normalized spacial score (nSPS) is 13.1. The highest BCUT2D eigenvalue weighted by Crippen LogP contribution is 2.47. The predicted octanol–water partition coefficient (Wildman–Crippen LogP) is 3.95. The molecule has 0 bridgehead atoms. The van der Waals surface area contributed by atoms with E-state index in [4.69, 9.17) is 9.84 Å². The van der Waals surface area contributed by atoms with Crippen molar-refractivity contribution in [1.29, 1.82) is 0 Å². The summed E-state index contributed by atoms with van der Waals surface area (Å²) in [5.41, 5.74) is -5.28. The lowest BCUT2D eigenvalue weighted by molar-refractivity contribution is -0.365. The van der Waals surface area contributed by atoms with Gasteiger partial charge in [0.15, 0.2) is 0 Å². The molecule has 2 nitrogen and oxygen atoms in total. The van der Waals surface area contributed by atoms with Gasteiger partial charge in [-0.15, -0.1) is 0 Å². The smallest absolute Gasteiger partial charge is 0.426 e. The zero-order valence-electron chi connectivity index (χ0n) is 10.8. The third-order valence-electron chi connectivity index (χ3n) is 2.91. The molecule has 0 aliphatic carbocycles. The Hall–Kier alpha value is -1.70. The molecule has 0 heterocycles. The molecule has 0 saturated heterocycles. The lowest BCUT2D eigenvalue weighted by Gasteiger charge is -2.33. The molecule has 1 rings (SSSR count). The average molecular weight is 314 g/mol. The van der Waals surface area contributed by atoms with E-state index < -0.39 is 29.9 Å². The Morgan fingerprint density at radius 2 is 1.48 bits per heavy atom. The molecule has 0 fully saturated rings. The number of hydrogen-bond donors (Lipinski definition) is 1. The van der Waals surface area contributed by atoms with Gasteiger partial charge < -0.3 is 9.84 Å². The van der Waals surface area contributed by atoms with E-state index in [-0.39, 0.29) is 5.56 Å². The van der Waals surface area contributed by atoms with Crippen LogP contribution in [0, 0.1) is 0 Å². The van der Waals surface area contributed by atoms with E-state index in [0.29, 0.717) is 5.75 Å². The highest BCUT2D eigenvalue weighted by molar-refractivity contribution is 5.65. The topological polar surface area (TPSA) is 29.5 Å². The summed E-state index contributed by atoms with van der Waals surface area (Å²) in [5.74, 6) is 0.383. The molecule has 0 amide bonds. The van der Waals surface area contributed by atoms with Gasteiger partial charge in [-0.2, -0.15) is 26.3 Å². The molecule has 0 atom stereocenters. The van der Waals surface area contributed by atoms with E-state index in [2.05, 4.69) is 6.58 Å². The Morgan fingerprint density at radius 3 is 1.81 bits per heavy atom. The first-order chi connectivity index (χ1) is 9.42. The number of hydrogen-bond acceptors (Lipinski definition) is 2. The van der Waals surface area contributed by atoms with Crippen LogP contribution >= 0.6 is 0 Å². The molecule has 0 spiro atoms. The molecule has 1 aromatic rings. The van der Waals surface area contributed by atoms with Crippen LogP contribution in [0.4, 0.5) is 26.3 Å². The fourth-order valence-electron chi connectivity index (χ4n) is 1.60. The summed E-state index contributed by atoms with van der Waals surface area (Å²) in [6, 6.07) is 5.24. The molecule has 0 aliphatic rings. The van der Waals surface area contributed by atoms with Gasteiger partial charge in [0, 0.05) is 6.42 Å². The Kier molecular flexibility index (Phi) is 4.62. The summed E-state index contributed by atoms with van der Waals surface area (Å²) < 4.78 is 80.2. The van der Waals surface area contributed by atoms with Crippen molar-refractivity contribution >= 4 is 5.57 Å². The maximum absolute atomic E-state index is 12.6. The fraction of sp³-hybridized carbons (Fsp3) is 0.385. The van der Waals surface area contributed by atoms with Crippen LogP contribution in [0.2, 0.25) is 0 Å². The number of ether oxygens (including phenoxy) is 1. The Morgan fingerprint density at radius 1 is 1.05 bits per heavy atom. The molecule has 8 heteroatoms. The lowest BCUT2D eigenvalue weighted by Crippen LogP contribution is -2.56. The molecule has 0 saturated carbocycles. The zero-order chi connectivity index (χ0) is 16.5. The number of rotatable bonds is 4. The van der Waals surface area contributed by atoms with Gasteiger partial charge in [0.2, 0.25) is 0 Å². The lowest BCUT2D eigenvalue weighted by atomic mass is 9.90. The number of benzene rings is 1. The molecule has 0 unspecified atom stereocenters. The van der Waals surface area contributed by atoms with Crippen LogP contribution in [0.5, 0.6) is 5.75 Å². The van der Waals surface area contributed by atoms with Crippen LogP contribution in [0.15, 0.2) is 30.8 Å². The summed E-state index contributed by atoms with van der Waals surface area (Å²) in [5, 5.41) is 9.08. The SMILES string of the molecule is C=C(CC(O)(C(F)(F)F)C(F)(F)F)c1ccc(OC)cc1. The fourth-order valence-corrected chi connectivity index (χ4v) is 1.60. The van der Waals surface area contributed by atoms with E-state index in [1.165, 1.54) is 31.4 Å². The van der Waals surface area contributed by atoms with Crippen molar-refractivity contribution in [2.75, 3.05) is 7.11 Å². The number of alkyl halides is 6. The summed E-state index contributed by atoms with van der Waals surface area (Å²) >= 11 is 0. The summed E-state index contributed by atoms with van der Waals surface area (Å²) in [4.78, 5) is 0. The highest BCUT2D eigenvalue weighted by Gasteiger charge is 2.70. The van der Waals surface area contributed by atoms with Crippen LogP contribution < -0.4 is 4.74 Å². The summed E-state index contributed by atoms with van der Waals surface area (Å²) in [6.07, 6.45) is -13.4. The van der Waals surface area contributed by atoms with Gasteiger partial charge in [-0.05, 0) is 23.3 Å². The van der Waals surface area contributed by atoms with Crippen molar-refractivity contribution in [3.63, 3.8) is 0 Å². The second kappa shape index (κ2) is 5.59. The van der Waals surface area contributed by atoms with E-state index in [9.17, 15) is 26.3 Å². The minimum atomic E-state index is -5.86. The molecule has 1 aromatic carbocycles. The standard InChI is InChI=1S/C13H12F6O2/c1-8(9-3-5-10(21-2)6-4-9)7-11(20,12(14,15)16)13(17,18)19/h3-6,20H,1,7H2,2H3. The second-order valence-corrected chi connectivity index (χ2v) is 4.36. The summed E-state index contributed by atoms with van der Waals surface area (Å²) in [6.45, 7) is 3.19. The largest absolute Gasteiger partial charge is 0.497 e. The first kappa shape index (κ1) is 17.4. The minimum absolute atomic E-state index is 0.0442. The minimum Gasteiger partial charge on any atom is -0.497 e. The van der Waals surface area contributed by atoms with Crippen LogP contribution in [-0.4, -0.2) is 30.2 Å². The van der Waals surface area contributed by atoms with E-state index >= 15 is 0 Å². The maximum atomic E-state index is 12.6. The third kappa shape index (κ3) is 3.49. The zero-order valence-corrected chi connectivity index (χ0v) is 10.8.